The summed E-state index contributed by atoms with van der Waals surface area (Å²) in [6, 6.07) is 11.2. The van der Waals surface area contributed by atoms with Crippen LogP contribution in [0, 0.1) is 0 Å². The first kappa shape index (κ1) is 23.0. The van der Waals surface area contributed by atoms with E-state index in [-0.39, 0.29) is 17.9 Å². The average Bonchev–Trinajstić information content (AvgIpc) is 2.74. The maximum absolute atomic E-state index is 12.6. The van der Waals surface area contributed by atoms with Crippen molar-refractivity contribution >= 4 is 17.5 Å². The van der Waals surface area contributed by atoms with E-state index in [1.807, 2.05) is 43.3 Å². The third kappa shape index (κ3) is 5.43. The number of nitrogens with one attached hydrogen (secondary N) is 2. The molecule has 2 unspecified atom stereocenters. The number of hydrogen-bond acceptors (Lipinski definition) is 4. The Morgan fingerprint density at radius 1 is 0.966 bits per heavy atom. The fourth-order valence-corrected chi connectivity index (χ4v) is 3.62. The van der Waals surface area contributed by atoms with Crippen LogP contribution in [0.2, 0.25) is 5.02 Å². The Balaban J connectivity index is 0.000000537. The molecule has 6 heteroatoms. The molecule has 2 atom stereocenters. The van der Waals surface area contributed by atoms with Crippen LogP contribution in [0.4, 0.5) is 0 Å². The van der Waals surface area contributed by atoms with Crippen molar-refractivity contribution in [3.05, 3.63) is 58.1 Å². The molecule has 0 spiro atoms. The third-order valence-electron chi connectivity index (χ3n) is 4.99. The summed E-state index contributed by atoms with van der Waals surface area (Å²) in [5.41, 5.74) is 3.00. The summed E-state index contributed by atoms with van der Waals surface area (Å²) in [7, 11) is 3.21. The second kappa shape index (κ2) is 11.1. The van der Waals surface area contributed by atoms with Gasteiger partial charge < -0.3 is 20.1 Å². The van der Waals surface area contributed by atoms with E-state index in [4.69, 9.17) is 21.1 Å². The lowest BCUT2D eigenvalue weighted by molar-refractivity contribution is -0.123. The molecule has 1 aliphatic heterocycles. The molecule has 0 radical (unpaired) electrons. The molecule has 5 nitrogen and oxygen atoms in total. The second-order valence-electron chi connectivity index (χ2n) is 6.75. The normalized spacial score (nSPS) is 17.5. The third-order valence-corrected chi connectivity index (χ3v) is 5.24. The van der Waals surface area contributed by atoms with E-state index in [1.54, 1.807) is 14.2 Å². The van der Waals surface area contributed by atoms with Gasteiger partial charge in [-0.15, -0.1) is 0 Å². The van der Waals surface area contributed by atoms with Crippen LogP contribution < -0.4 is 20.1 Å². The summed E-state index contributed by atoms with van der Waals surface area (Å²) in [5, 5.41) is 6.90. The van der Waals surface area contributed by atoms with E-state index < -0.39 is 0 Å². The summed E-state index contributed by atoms with van der Waals surface area (Å²) in [4.78, 5) is 12.6. The summed E-state index contributed by atoms with van der Waals surface area (Å²) in [6.45, 7) is 8.40. The molecule has 1 amide bonds. The molecule has 0 bridgehead atoms. The molecule has 1 heterocycles. The number of amides is 1. The van der Waals surface area contributed by atoms with E-state index in [1.165, 1.54) is 0 Å². The van der Waals surface area contributed by atoms with Crippen molar-refractivity contribution in [2.45, 2.75) is 39.2 Å². The fraction of sp³-hybridized carbons (Fsp3) is 0.435. The molecule has 2 N–H and O–H groups in total. The van der Waals surface area contributed by atoms with Crippen LogP contribution in [0.5, 0.6) is 11.5 Å². The minimum atomic E-state index is -0.229. The summed E-state index contributed by atoms with van der Waals surface area (Å²) >= 11 is 5.99. The lowest BCUT2D eigenvalue weighted by Gasteiger charge is -2.32. The van der Waals surface area contributed by atoms with Crippen LogP contribution in [0.1, 0.15) is 55.8 Å². The quantitative estimate of drug-likeness (QED) is 0.714. The molecule has 0 aliphatic carbocycles. The largest absolute Gasteiger partial charge is 0.493 e. The fourth-order valence-electron chi connectivity index (χ4n) is 3.50. The number of carbonyl (C=O) groups excluding carboxylic acids is 1. The number of benzene rings is 2. The molecular weight excluding hydrogens is 388 g/mol. The Labute approximate surface area is 178 Å². The Bertz CT molecular complexity index is 807. The van der Waals surface area contributed by atoms with Gasteiger partial charge in [-0.2, -0.15) is 0 Å². The van der Waals surface area contributed by atoms with Crippen molar-refractivity contribution in [1.82, 2.24) is 10.6 Å². The summed E-state index contributed by atoms with van der Waals surface area (Å²) < 4.78 is 10.9. The average molecular weight is 419 g/mol. The number of fused-ring (bicyclic) bond motifs is 1. The van der Waals surface area contributed by atoms with Gasteiger partial charge in [-0.05, 0) is 60.5 Å². The van der Waals surface area contributed by atoms with Crippen molar-refractivity contribution in [3.8, 4) is 11.5 Å². The van der Waals surface area contributed by atoms with Crippen molar-refractivity contribution in [1.29, 1.82) is 0 Å². The van der Waals surface area contributed by atoms with Gasteiger partial charge in [-0.3, -0.25) is 4.79 Å². The van der Waals surface area contributed by atoms with Gasteiger partial charge in [-0.25, -0.2) is 0 Å². The van der Waals surface area contributed by atoms with Crippen molar-refractivity contribution in [2.75, 3.05) is 27.3 Å². The van der Waals surface area contributed by atoms with Gasteiger partial charge in [0.15, 0.2) is 11.5 Å². The standard InChI is InChI=1S/C19H20ClNO3.C4H11N/c1-4-13-14-9-16(23-2)17(24-3)10-15(14)18(21-19(13)22)11-5-7-12(20)8-6-11;1-3-5-4-2/h5-10,13,18H,4H2,1-3H3,(H,21,22);5H,3-4H2,1-2H3. The number of carbonyl (C=O) groups is 1. The van der Waals surface area contributed by atoms with Gasteiger partial charge >= 0.3 is 0 Å². The highest BCUT2D eigenvalue weighted by Crippen LogP contribution is 2.42. The van der Waals surface area contributed by atoms with E-state index in [9.17, 15) is 4.79 Å². The highest BCUT2D eigenvalue weighted by atomic mass is 35.5. The zero-order valence-electron chi connectivity index (χ0n) is 17.8. The smallest absolute Gasteiger partial charge is 0.228 e. The predicted octanol–water partition coefficient (Wildman–Crippen LogP) is 4.69. The van der Waals surface area contributed by atoms with Gasteiger partial charge in [0.1, 0.15) is 0 Å². The SMILES string of the molecule is CCC1C(=O)NC(c2ccc(Cl)cc2)c2cc(OC)c(OC)cc21.CCNCC. The number of rotatable bonds is 6. The van der Waals surface area contributed by atoms with E-state index in [0.29, 0.717) is 16.5 Å². The number of hydrogen-bond donors (Lipinski definition) is 2. The van der Waals surface area contributed by atoms with Gasteiger partial charge in [0.05, 0.1) is 26.2 Å². The van der Waals surface area contributed by atoms with Crippen LogP contribution in [-0.2, 0) is 4.79 Å². The van der Waals surface area contributed by atoms with Crippen LogP contribution in [-0.4, -0.2) is 33.2 Å². The first-order chi connectivity index (χ1) is 14.0. The Hall–Kier alpha value is -2.24. The Morgan fingerprint density at radius 3 is 1.97 bits per heavy atom. The zero-order chi connectivity index (χ0) is 21.4. The number of methoxy groups -OCH3 is 2. The van der Waals surface area contributed by atoms with Crippen molar-refractivity contribution in [2.24, 2.45) is 0 Å². The number of ether oxygens (including phenoxy) is 2. The first-order valence-electron chi connectivity index (χ1n) is 10.0. The molecule has 0 saturated heterocycles. The van der Waals surface area contributed by atoms with E-state index in [2.05, 4.69) is 24.5 Å². The van der Waals surface area contributed by atoms with Gasteiger partial charge in [-0.1, -0.05) is 44.5 Å². The monoisotopic (exact) mass is 418 g/mol. The molecule has 2 aromatic carbocycles. The molecular formula is C23H31ClN2O3. The van der Waals surface area contributed by atoms with Gasteiger partial charge in [0.2, 0.25) is 5.91 Å². The predicted molar refractivity (Wildman–Crippen MR) is 118 cm³/mol. The molecule has 1 aliphatic rings. The molecule has 0 saturated carbocycles. The molecule has 0 fully saturated rings. The Morgan fingerprint density at radius 2 is 1.52 bits per heavy atom. The lowest BCUT2D eigenvalue weighted by atomic mass is 9.82. The maximum Gasteiger partial charge on any atom is 0.228 e. The van der Waals surface area contributed by atoms with Crippen molar-refractivity contribution < 1.29 is 14.3 Å². The Kier molecular flexibility index (Phi) is 8.80. The molecule has 2 aromatic rings. The molecule has 3 rings (SSSR count). The van der Waals surface area contributed by atoms with E-state index >= 15 is 0 Å². The van der Waals surface area contributed by atoms with Gasteiger partial charge in [0.25, 0.3) is 0 Å². The summed E-state index contributed by atoms with van der Waals surface area (Å²) in [5.74, 6) is 1.13. The van der Waals surface area contributed by atoms with Gasteiger partial charge in [0, 0.05) is 5.02 Å². The van der Waals surface area contributed by atoms with Crippen molar-refractivity contribution in [3.63, 3.8) is 0 Å². The molecule has 29 heavy (non-hydrogen) atoms. The zero-order valence-corrected chi connectivity index (χ0v) is 18.6. The highest BCUT2D eigenvalue weighted by molar-refractivity contribution is 6.30. The molecule has 0 aromatic heterocycles. The van der Waals surface area contributed by atoms with Crippen LogP contribution in [0.15, 0.2) is 36.4 Å². The van der Waals surface area contributed by atoms with Crippen LogP contribution in [0.25, 0.3) is 0 Å². The minimum Gasteiger partial charge on any atom is -0.493 e. The maximum atomic E-state index is 12.6. The van der Waals surface area contributed by atoms with E-state index in [0.717, 1.165) is 36.2 Å². The first-order valence-corrected chi connectivity index (χ1v) is 10.4. The summed E-state index contributed by atoms with van der Waals surface area (Å²) in [6.07, 6.45) is 0.724. The minimum absolute atomic E-state index is 0.0252. The number of halogens is 1. The lowest BCUT2D eigenvalue weighted by Crippen LogP contribution is -2.39. The topological polar surface area (TPSA) is 59.6 Å². The van der Waals surface area contributed by atoms with Crippen LogP contribution in [0.3, 0.4) is 0 Å². The molecule has 158 valence electrons. The van der Waals surface area contributed by atoms with Crippen LogP contribution >= 0.6 is 11.6 Å². The second-order valence-corrected chi connectivity index (χ2v) is 7.18. The highest BCUT2D eigenvalue weighted by Gasteiger charge is 2.34.